The average Bonchev–Trinajstić information content (AvgIpc) is 2.63. The largest absolute Gasteiger partial charge is 0.326 e. The van der Waals surface area contributed by atoms with Crippen LogP contribution in [0.15, 0.2) is 60.7 Å². The van der Waals surface area contributed by atoms with E-state index in [-0.39, 0.29) is 5.91 Å². The molecule has 0 unspecified atom stereocenters. The Labute approximate surface area is 157 Å². The molecule has 0 radical (unpaired) electrons. The van der Waals surface area contributed by atoms with Crippen LogP contribution in [0.4, 0.5) is 5.69 Å². The number of carbonyl (C=O) groups excluding carboxylic acids is 1. The standard InChI is InChI=1S/C16H20.C8H9NO/c1-2-4-13(5-3-1)16-14-7-11-6-12(9-14)10-15(16)8-11;1-7(10)9-8-5-3-2-4-6-8/h1-5,11-12,14-16H,6-10H2;2-6H,1H3,(H,9,10). The van der Waals surface area contributed by atoms with Crippen LogP contribution in [0.3, 0.4) is 0 Å². The first kappa shape index (κ1) is 17.3. The first-order valence-electron chi connectivity index (χ1n) is 10.1. The quantitative estimate of drug-likeness (QED) is 0.723. The van der Waals surface area contributed by atoms with Crippen LogP contribution in [0.1, 0.15) is 50.5 Å². The summed E-state index contributed by atoms with van der Waals surface area (Å²) in [5.41, 5.74) is 2.48. The van der Waals surface area contributed by atoms with E-state index in [1.165, 1.54) is 32.6 Å². The molecule has 2 aromatic carbocycles. The first-order valence-corrected chi connectivity index (χ1v) is 10.1. The summed E-state index contributed by atoms with van der Waals surface area (Å²) in [7, 11) is 0. The third-order valence-corrected chi connectivity index (χ3v) is 6.51. The number of nitrogens with one attached hydrogen (secondary N) is 1. The van der Waals surface area contributed by atoms with E-state index in [0.717, 1.165) is 35.3 Å². The van der Waals surface area contributed by atoms with Gasteiger partial charge in [-0.2, -0.15) is 0 Å². The molecule has 0 heterocycles. The van der Waals surface area contributed by atoms with Crippen molar-refractivity contribution in [3.8, 4) is 0 Å². The van der Waals surface area contributed by atoms with Gasteiger partial charge in [0.15, 0.2) is 0 Å². The van der Waals surface area contributed by atoms with Crippen molar-refractivity contribution in [3.05, 3.63) is 66.2 Å². The highest BCUT2D eigenvalue weighted by Crippen LogP contribution is 2.59. The zero-order valence-corrected chi connectivity index (χ0v) is 15.6. The Kier molecular flexibility index (Phi) is 5.10. The fourth-order valence-electron chi connectivity index (χ4n) is 5.87. The van der Waals surface area contributed by atoms with Gasteiger partial charge in [0.25, 0.3) is 0 Å². The number of benzene rings is 2. The molecule has 2 nitrogen and oxygen atoms in total. The fourth-order valence-corrected chi connectivity index (χ4v) is 5.87. The Morgan fingerprint density at radius 1 is 0.769 bits per heavy atom. The SMILES string of the molecule is CC(=O)Nc1ccccc1.c1ccc(C2C3CC4CC(C3)CC2C4)cc1. The lowest BCUT2D eigenvalue weighted by molar-refractivity contribution is -0.114. The third kappa shape index (κ3) is 3.85. The molecule has 0 aromatic heterocycles. The molecule has 1 N–H and O–H groups in total. The van der Waals surface area contributed by atoms with Crippen LogP contribution in [0.2, 0.25) is 0 Å². The molecule has 0 aliphatic heterocycles. The van der Waals surface area contributed by atoms with Gasteiger partial charge in [0.1, 0.15) is 0 Å². The van der Waals surface area contributed by atoms with Crippen molar-refractivity contribution in [2.75, 3.05) is 5.32 Å². The Hall–Kier alpha value is -2.09. The van der Waals surface area contributed by atoms with Crippen LogP contribution in [0, 0.1) is 23.7 Å². The molecule has 4 bridgehead atoms. The fraction of sp³-hybridized carbons (Fsp3) is 0.458. The average molecular weight is 348 g/mol. The smallest absolute Gasteiger partial charge is 0.221 e. The Morgan fingerprint density at radius 2 is 1.27 bits per heavy atom. The molecule has 0 spiro atoms. The minimum Gasteiger partial charge on any atom is -0.326 e. The lowest BCUT2D eigenvalue weighted by atomic mass is 9.51. The van der Waals surface area contributed by atoms with E-state index in [2.05, 4.69) is 35.6 Å². The number of para-hydroxylation sites is 1. The second-order valence-corrected chi connectivity index (χ2v) is 8.41. The van der Waals surface area contributed by atoms with Crippen LogP contribution < -0.4 is 5.32 Å². The topological polar surface area (TPSA) is 29.1 Å². The van der Waals surface area contributed by atoms with Gasteiger partial charge in [-0.25, -0.2) is 0 Å². The van der Waals surface area contributed by atoms with Gasteiger partial charge in [-0.05, 0) is 79.4 Å². The molecule has 2 aromatic rings. The number of rotatable bonds is 2. The number of anilines is 1. The van der Waals surface area contributed by atoms with E-state index >= 15 is 0 Å². The lowest BCUT2D eigenvalue weighted by Gasteiger charge is -2.54. The van der Waals surface area contributed by atoms with Gasteiger partial charge in [0.05, 0.1) is 0 Å². The van der Waals surface area contributed by atoms with Crippen LogP contribution in [-0.4, -0.2) is 5.91 Å². The molecule has 4 aliphatic rings. The van der Waals surface area contributed by atoms with Gasteiger partial charge >= 0.3 is 0 Å². The minimum absolute atomic E-state index is 0.0359. The Balaban J connectivity index is 0.000000146. The summed E-state index contributed by atoms with van der Waals surface area (Å²) in [5, 5.41) is 2.67. The maximum atomic E-state index is 10.5. The van der Waals surface area contributed by atoms with Gasteiger partial charge in [0, 0.05) is 12.6 Å². The molecule has 26 heavy (non-hydrogen) atoms. The summed E-state index contributed by atoms with van der Waals surface area (Å²) in [6, 6.07) is 20.7. The normalized spacial score (nSPS) is 31.0. The van der Waals surface area contributed by atoms with Crippen molar-refractivity contribution in [3.63, 3.8) is 0 Å². The first-order chi connectivity index (χ1) is 12.7. The predicted octanol–water partition coefficient (Wildman–Crippen LogP) is 5.87. The maximum Gasteiger partial charge on any atom is 0.221 e. The Morgan fingerprint density at radius 3 is 1.77 bits per heavy atom. The van der Waals surface area contributed by atoms with Crippen molar-refractivity contribution in [1.82, 2.24) is 0 Å². The molecular weight excluding hydrogens is 318 g/mol. The monoisotopic (exact) mass is 347 g/mol. The van der Waals surface area contributed by atoms with Crippen LogP contribution in [0.25, 0.3) is 0 Å². The second kappa shape index (κ2) is 7.65. The van der Waals surface area contributed by atoms with Crippen molar-refractivity contribution in [2.45, 2.75) is 44.9 Å². The molecule has 0 atom stereocenters. The van der Waals surface area contributed by atoms with Crippen LogP contribution in [-0.2, 0) is 4.79 Å². The number of hydrogen-bond donors (Lipinski definition) is 1. The molecule has 2 heteroatoms. The summed E-state index contributed by atoms with van der Waals surface area (Å²) in [6.07, 6.45) is 7.70. The molecule has 4 fully saturated rings. The molecule has 136 valence electrons. The van der Waals surface area contributed by atoms with Gasteiger partial charge in [-0.3, -0.25) is 4.79 Å². The van der Waals surface area contributed by atoms with Gasteiger partial charge in [-0.1, -0.05) is 48.5 Å². The molecule has 6 rings (SSSR count). The van der Waals surface area contributed by atoms with E-state index in [4.69, 9.17) is 0 Å². The predicted molar refractivity (Wildman–Crippen MR) is 107 cm³/mol. The molecule has 0 saturated heterocycles. The molecule has 4 saturated carbocycles. The molecule has 4 aliphatic carbocycles. The maximum absolute atomic E-state index is 10.5. The number of hydrogen-bond acceptors (Lipinski definition) is 1. The zero-order valence-electron chi connectivity index (χ0n) is 15.6. The van der Waals surface area contributed by atoms with Crippen molar-refractivity contribution >= 4 is 11.6 Å². The van der Waals surface area contributed by atoms with Crippen LogP contribution in [0.5, 0.6) is 0 Å². The number of carbonyl (C=O) groups is 1. The van der Waals surface area contributed by atoms with Crippen molar-refractivity contribution < 1.29 is 4.79 Å². The second-order valence-electron chi connectivity index (χ2n) is 8.41. The highest BCUT2D eigenvalue weighted by Gasteiger charge is 2.48. The molecule has 1 amide bonds. The lowest BCUT2D eigenvalue weighted by Crippen LogP contribution is -2.43. The van der Waals surface area contributed by atoms with Crippen LogP contribution >= 0.6 is 0 Å². The van der Waals surface area contributed by atoms with E-state index in [9.17, 15) is 4.79 Å². The zero-order chi connectivity index (χ0) is 17.9. The van der Waals surface area contributed by atoms with Gasteiger partial charge in [0.2, 0.25) is 5.91 Å². The summed E-state index contributed by atoms with van der Waals surface area (Å²) in [4.78, 5) is 10.5. The van der Waals surface area contributed by atoms with Gasteiger partial charge in [-0.15, -0.1) is 0 Å². The van der Waals surface area contributed by atoms with Crippen molar-refractivity contribution in [1.29, 1.82) is 0 Å². The highest BCUT2D eigenvalue weighted by molar-refractivity contribution is 5.88. The van der Waals surface area contributed by atoms with Crippen molar-refractivity contribution in [2.24, 2.45) is 23.7 Å². The minimum atomic E-state index is -0.0359. The summed E-state index contributed by atoms with van der Waals surface area (Å²) >= 11 is 0. The van der Waals surface area contributed by atoms with E-state index < -0.39 is 0 Å². The summed E-state index contributed by atoms with van der Waals surface area (Å²) < 4.78 is 0. The van der Waals surface area contributed by atoms with Gasteiger partial charge < -0.3 is 5.32 Å². The number of amides is 1. The summed E-state index contributed by atoms with van der Waals surface area (Å²) in [6.45, 7) is 1.49. The van der Waals surface area contributed by atoms with E-state index in [1.54, 1.807) is 12.0 Å². The highest BCUT2D eigenvalue weighted by atomic mass is 16.1. The summed E-state index contributed by atoms with van der Waals surface area (Å²) in [5.74, 6) is 5.13. The van der Waals surface area contributed by atoms with E-state index in [1.807, 2.05) is 30.3 Å². The Bertz CT molecular complexity index is 696. The van der Waals surface area contributed by atoms with E-state index in [0.29, 0.717) is 0 Å². The molecular formula is C24H29NO. The third-order valence-electron chi connectivity index (χ3n) is 6.51.